The van der Waals surface area contributed by atoms with Crippen LogP contribution in [-0.4, -0.2) is 37.7 Å². The lowest BCUT2D eigenvalue weighted by Gasteiger charge is -2.14. The first-order chi connectivity index (χ1) is 15.0. The molecule has 2 N–H and O–H groups in total. The van der Waals surface area contributed by atoms with Gasteiger partial charge in [-0.3, -0.25) is 9.78 Å². The van der Waals surface area contributed by atoms with Gasteiger partial charge in [0.2, 0.25) is 5.91 Å². The second-order valence-corrected chi connectivity index (χ2v) is 8.35. The fraction of sp³-hybridized carbons (Fsp3) is 0.227. The van der Waals surface area contributed by atoms with Gasteiger partial charge < -0.3 is 10.6 Å². The van der Waals surface area contributed by atoms with Crippen LogP contribution < -0.4 is 10.6 Å². The van der Waals surface area contributed by atoms with Gasteiger partial charge in [-0.25, -0.2) is 14.6 Å². The lowest BCUT2D eigenvalue weighted by atomic mass is 9.95. The summed E-state index contributed by atoms with van der Waals surface area (Å²) < 4.78 is 1.96. The van der Waals surface area contributed by atoms with Gasteiger partial charge in [0.15, 0.2) is 5.13 Å². The van der Waals surface area contributed by atoms with E-state index in [0.717, 1.165) is 63.1 Å². The predicted octanol–water partition coefficient (Wildman–Crippen LogP) is 3.86. The molecule has 0 radical (unpaired) electrons. The van der Waals surface area contributed by atoms with Crippen LogP contribution >= 0.6 is 11.3 Å². The van der Waals surface area contributed by atoms with Crippen LogP contribution in [0.15, 0.2) is 36.7 Å². The number of carbonyl (C=O) groups excluding carboxylic acids is 1. The molecule has 0 spiro atoms. The summed E-state index contributed by atoms with van der Waals surface area (Å²) in [5, 5.41) is 11.5. The molecule has 5 rings (SSSR count). The lowest BCUT2D eigenvalue weighted by molar-refractivity contribution is -0.114. The third-order valence-corrected chi connectivity index (χ3v) is 6.31. The highest BCUT2D eigenvalue weighted by Crippen LogP contribution is 2.44. The van der Waals surface area contributed by atoms with Gasteiger partial charge in [0.25, 0.3) is 0 Å². The number of pyridine rings is 2. The molecule has 0 aromatic carbocycles. The molecule has 31 heavy (non-hydrogen) atoms. The van der Waals surface area contributed by atoms with Crippen molar-refractivity contribution in [1.29, 1.82) is 0 Å². The Morgan fingerprint density at radius 3 is 2.77 bits per heavy atom. The van der Waals surface area contributed by atoms with Crippen molar-refractivity contribution in [2.24, 2.45) is 0 Å². The van der Waals surface area contributed by atoms with Gasteiger partial charge in [-0.2, -0.15) is 5.10 Å². The summed E-state index contributed by atoms with van der Waals surface area (Å²) in [4.78, 5) is 26.2. The minimum atomic E-state index is -0.126. The van der Waals surface area contributed by atoms with E-state index in [1.807, 2.05) is 49.1 Å². The summed E-state index contributed by atoms with van der Waals surface area (Å²) in [6, 6.07) is 7.92. The molecular weight excluding hydrogens is 410 g/mol. The van der Waals surface area contributed by atoms with Crippen LogP contribution in [0.4, 0.5) is 10.9 Å². The number of aromatic nitrogens is 5. The zero-order valence-corrected chi connectivity index (χ0v) is 18.2. The molecule has 0 atom stereocenters. The first-order valence-corrected chi connectivity index (χ1v) is 10.8. The van der Waals surface area contributed by atoms with Crippen LogP contribution in [0.5, 0.6) is 0 Å². The topological polar surface area (TPSA) is 97.6 Å². The Kier molecular flexibility index (Phi) is 4.74. The third kappa shape index (κ3) is 3.36. The molecule has 0 aliphatic heterocycles. The number of nitrogens with zero attached hydrogens (tertiary/aromatic N) is 5. The van der Waals surface area contributed by atoms with E-state index in [-0.39, 0.29) is 5.91 Å². The first-order valence-electron chi connectivity index (χ1n) is 10.0. The summed E-state index contributed by atoms with van der Waals surface area (Å²) in [7, 11) is 1.85. The minimum Gasteiger partial charge on any atom is -0.373 e. The maximum atomic E-state index is 11.6. The van der Waals surface area contributed by atoms with Gasteiger partial charge in [-0.1, -0.05) is 11.3 Å². The molecule has 4 heterocycles. The second kappa shape index (κ2) is 7.59. The van der Waals surface area contributed by atoms with Crippen molar-refractivity contribution in [3.63, 3.8) is 0 Å². The largest absolute Gasteiger partial charge is 0.373 e. The van der Waals surface area contributed by atoms with E-state index >= 15 is 0 Å². The number of anilines is 2. The van der Waals surface area contributed by atoms with Crippen LogP contribution in [0.2, 0.25) is 0 Å². The molecule has 9 heteroatoms. The molecule has 1 amide bonds. The number of nitrogens with one attached hydrogen (secondary N) is 2. The number of hydrogen-bond donors (Lipinski definition) is 2. The zero-order chi connectivity index (χ0) is 21.5. The standard InChI is InChI=1S/C22H21N7OS/c1-12-17(5-4-10-24-12)29-20-15(19(28-29)14-6-9-18(23-3)25-11-14)7-8-16-21(20)31-22(27-16)26-13(2)30/h4-6,9-11H,7-8H2,1-3H3,(H,23,25)(H,26,27,30). The number of hydrogen-bond acceptors (Lipinski definition) is 7. The van der Waals surface area contributed by atoms with Crippen molar-refractivity contribution in [1.82, 2.24) is 24.7 Å². The minimum absolute atomic E-state index is 0.126. The molecule has 4 aromatic rings. The smallest absolute Gasteiger partial charge is 0.223 e. The van der Waals surface area contributed by atoms with Gasteiger partial charge in [0.05, 0.1) is 33.3 Å². The summed E-state index contributed by atoms with van der Waals surface area (Å²) in [5.74, 6) is 0.684. The van der Waals surface area contributed by atoms with Crippen molar-refractivity contribution < 1.29 is 4.79 Å². The maximum Gasteiger partial charge on any atom is 0.223 e. The van der Waals surface area contributed by atoms with E-state index in [0.29, 0.717) is 5.13 Å². The number of thiazole rings is 1. The van der Waals surface area contributed by atoms with Gasteiger partial charge in [-0.05, 0) is 44.0 Å². The zero-order valence-electron chi connectivity index (χ0n) is 17.4. The molecule has 0 saturated heterocycles. The van der Waals surface area contributed by atoms with Crippen molar-refractivity contribution in [3.05, 3.63) is 53.6 Å². The summed E-state index contributed by atoms with van der Waals surface area (Å²) in [6.07, 6.45) is 5.24. The number of carbonyl (C=O) groups is 1. The molecule has 0 bridgehead atoms. The summed E-state index contributed by atoms with van der Waals surface area (Å²) in [5.41, 5.74) is 6.85. The highest BCUT2D eigenvalue weighted by Gasteiger charge is 2.30. The molecule has 4 aromatic heterocycles. The van der Waals surface area contributed by atoms with Gasteiger partial charge >= 0.3 is 0 Å². The molecule has 1 aliphatic rings. The highest BCUT2D eigenvalue weighted by atomic mass is 32.1. The molecule has 0 fully saturated rings. The third-order valence-electron chi connectivity index (χ3n) is 5.29. The average Bonchev–Trinajstić information content (AvgIpc) is 3.34. The monoisotopic (exact) mass is 431 g/mol. The first kappa shape index (κ1) is 19.4. The van der Waals surface area contributed by atoms with E-state index in [9.17, 15) is 4.79 Å². The van der Waals surface area contributed by atoms with E-state index in [2.05, 4.69) is 25.6 Å². The second-order valence-electron chi connectivity index (χ2n) is 7.35. The van der Waals surface area contributed by atoms with Crippen molar-refractivity contribution in [2.75, 3.05) is 17.7 Å². The SMILES string of the molecule is CNc1ccc(-c2nn(-c3cccnc3C)c3c2CCc2nc(NC(C)=O)sc2-3)cn1. The predicted molar refractivity (Wildman–Crippen MR) is 122 cm³/mol. The number of fused-ring (bicyclic) bond motifs is 3. The van der Waals surface area contributed by atoms with Crippen LogP contribution in [0.1, 0.15) is 23.9 Å². The van der Waals surface area contributed by atoms with Crippen molar-refractivity contribution in [2.45, 2.75) is 26.7 Å². The quantitative estimate of drug-likeness (QED) is 0.509. The molecule has 1 aliphatic carbocycles. The Bertz CT molecular complexity index is 1290. The van der Waals surface area contributed by atoms with Gasteiger partial charge in [0.1, 0.15) is 5.82 Å². The Morgan fingerprint density at radius 1 is 1.19 bits per heavy atom. The fourth-order valence-electron chi connectivity index (χ4n) is 3.86. The molecule has 8 nitrogen and oxygen atoms in total. The number of amides is 1. The summed E-state index contributed by atoms with van der Waals surface area (Å²) >= 11 is 1.49. The molecule has 0 unspecified atom stereocenters. The van der Waals surface area contributed by atoms with Crippen LogP contribution in [0.25, 0.3) is 27.5 Å². The normalized spacial score (nSPS) is 12.2. The average molecular weight is 432 g/mol. The van der Waals surface area contributed by atoms with E-state index in [1.54, 1.807) is 6.20 Å². The molecular formula is C22H21N7OS. The van der Waals surface area contributed by atoms with Gasteiger partial charge in [-0.15, -0.1) is 0 Å². The molecule has 0 saturated carbocycles. The number of rotatable bonds is 4. The Morgan fingerprint density at radius 2 is 2.06 bits per heavy atom. The fourth-order valence-corrected chi connectivity index (χ4v) is 4.98. The van der Waals surface area contributed by atoms with Crippen LogP contribution in [0, 0.1) is 6.92 Å². The Hall–Kier alpha value is -3.59. The lowest BCUT2D eigenvalue weighted by Crippen LogP contribution is -2.07. The van der Waals surface area contributed by atoms with E-state index in [4.69, 9.17) is 5.10 Å². The Labute approximate surface area is 183 Å². The van der Waals surface area contributed by atoms with Gasteiger partial charge in [0, 0.05) is 37.5 Å². The van der Waals surface area contributed by atoms with E-state index in [1.165, 1.54) is 18.3 Å². The summed E-state index contributed by atoms with van der Waals surface area (Å²) in [6.45, 7) is 3.47. The van der Waals surface area contributed by atoms with E-state index < -0.39 is 0 Å². The van der Waals surface area contributed by atoms with Crippen molar-refractivity contribution >= 4 is 28.2 Å². The molecule has 156 valence electrons. The maximum absolute atomic E-state index is 11.6. The van der Waals surface area contributed by atoms with Crippen molar-refractivity contribution in [3.8, 4) is 27.5 Å². The number of aryl methyl sites for hydroxylation is 2. The Balaban J connectivity index is 1.73. The highest BCUT2D eigenvalue weighted by molar-refractivity contribution is 7.19. The van der Waals surface area contributed by atoms with Crippen LogP contribution in [-0.2, 0) is 17.6 Å². The van der Waals surface area contributed by atoms with Crippen LogP contribution in [0.3, 0.4) is 0 Å².